The number of carbonyl (C=O) groups excluding carboxylic acids is 1. The third-order valence-electron chi connectivity index (χ3n) is 2.93. The van der Waals surface area contributed by atoms with E-state index < -0.39 is 24.5 Å². The van der Waals surface area contributed by atoms with E-state index in [9.17, 15) is 9.59 Å². The number of allylic oxidation sites excluding steroid dienone is 2. The number of aliphatic carboxylic acids is 1. The van der Waals surface area contributed by atoms with Gasteiger partial charge in [-0.25, -0.2) is 4.79 Å². The number of hydrogen-bond donors (Lipinski definition) is 2. The lowest BCUT2D eigenvalue weighted by molar-refractivity contribution is -0.146. The van der Waals surface area contributed by atoms with E-state index in [2.05, 4.69) is 0 Å². The molecule has 0 bridgehead atoms. The van der Waals surface area contributed by atoms with Gasteiger partial charge in [-0.2, -0.15) is 0 Å². The second-order valence-electron chi connectivity index (χ2n) is 4.38. The number of aliphatic hydroxyl groups is 1. The predicted octanol–water partition coefficient (Wildman–Crippen LogP) is 1.89. The topological polar surface area (TPSA) is 77.8 Å². The highest BCUT2D eigenvalue weighted by molar-refractivity contribution is 8.26. The highest BCUT2D eigenvalue weighted by Gasteiger charge is 2.39. The van der Waals surface area contributed by atoms with Crippen LogP contribution < -0.4 is 0 Å². The van der Waals surface area contributed by atoms with E-state index in [-0.39, 0.29) is 4.32 Å². The standard InChI is InChI=1S/C15H13NO4S2/c17-9-11(14(19)20)16-13(18)12(22-15(16)21)8-4-7-10-5-2-1-3-6-10/h1-8,11,17H,9H2,(H,19,20)/b7-4+,12-8-. The van der Waals surface area contributed by atoms with E-state index in [1.54, 1.807) is 12.2 Å². The molecule has 1 fully saturated rings. The van der Waals surface area contributed by atoms with Crippen molar-refractivity contribution in [1.29, 1.82) is 0 Å². The van der Waals surface area contributed by atoms with Crippen molar-refractivity contribution in [2.75, 3.05) is 6.61 Å². The van der Waals surface area contributed by atoms with Crippen LogP contribution in [0.2, 0.25) is 0 Å². The Labute approximate surface area is 136 Å². The normalized spacial score (nSPS) is 18.4. The Bertz CT molecular complexity index is 655. The molecule has 0 spiro atoms. The lowest BCUT2D eigenvalue weighted by atomic mass is 10.2. The number of carboxylic acid groups (broad SMARTS) is 1. The predicted molar refractivity (Wildman–Crippen MR) is 89.1 cm³/mol. The molecule has 1 unspecified atom stereocenters. The number of nitrogens with zero attached hydrogens (tertiary/aromatic N) is 1. The first-order valence-electron chi connectivity index (χ1n) is 6.37. The van der Waals surface area contributed by atoms with Gasteiger partial charge in [0.1, 0.15) is 4.32 Å². The van der Waals surface area contributed by atoms with Crippen LogP contribution in [0.15, 0.2) is 47.4 Å². The summed E-state index contributed by atoms with van der Waals surface area (Å²) in [5.74, 6) is -1.80. The summed E-state index contributed by atoms with van der Waals surface area (Å²) in [4.78, 5) is 24.5. The van der Waals surface area contributed by atoms with Crippen molar-refractivity contribution in [2.24, 2.45) is 0 Å². The van der Waals surface area contributed by atoms with Crippen LogP contribution >= 0.6 is 24.0 Å². The number of carbonyl (C=O) groups is 2. The molecule has 1 aliphatic heterocycles. The number of aliphatic hydroxyl groups excluding tert-OH is 1. The molecule has 1 aliphatic rings. The maximum Gasteiger partial charge on any atom is 0.329 e. The molecule has 0 radical (unpaired) electrons. The van der Waals surface area contributed by atoms with Gasteiger partial charge in [0.25, 0.3) is 5.91 Å². The Morgan fingerprint density at radius 2 is 2.05 bits per heavy atom. The number of hydrogen-bond acceptors (Lipinski definition) is 5. The number of benzene rings is 1. The van der Waals surface area contributed by atoms with Crippen LogP contribution in [0.5, 0.6) is 0 Å². The second-order valence-corrected chi connectivity index (χ2v) is 6.06. The van der Waals surface area contributed by atoms with Crippen molar-refractivity contribution >= 4 is 46.3 Å². The fourth-order valence-electron chi connectivity index (χ4n) is 1.84. The van der Waals surface area contributed by atoms with Gasteiger partial charge in [0.2, 0.25) is 0 Å². The number of rotatable bonds is 5. The van der Waals surface area contributed by atoms with E-state index in [1.165, 1.54) is 0 Å². The number of amides is 1. The Morgan fingerprint density at radius 3 is 2.64 bits per heavy atom. The van der Waals surface area contributed by atoms with Gasteiger partial charge in [-0.15, -0.1) is 0 Å². The van der Waals surface area contributed by atoms with Gasteiger partial charge in [-0.05, 0) is 11.6 Å². The maximum atomic E-state index is 12.2. The zero-order chi connectivity index (χ0) is 16.1. The third kappa shape index (κ3) is 3.62. The Morgan fingerprint density at radius 1 is 1.36 bits per heavy atom. The summed E-state index contributed by atoms with van der Waals surface area (Å²) in [6.07, 6.45) is 5.12. The van der Waals surface area contributed by atoms with E-state index in [0.29, 0.717) is 4.91 Å². The van der Waals surface area contributed by atoms with Gasteiger partial charge >= 0.3 is 5.97 Å². The minimum Gasteiger partial charge on any atom is -0.480 e. The second kappa shape index (κ2) is 7.35. The molecule has 1 aromatic rings. The van der Waals surface area contributed by atoms with Crippen LogP contribution in [0.1, 0.15) is 5.56 Å². The van der Waals surface area contributed by atoms with Gasteiger partial charge in [0.05, 0.1) is 11.5 Å². The Hall–Kier alpha value is -1.96. The summed E-state index contributed by atoms with van der Waals surface area (Å²) in [5.41, 5.74) is 0.980. The van der Waals surface area contributed by atoms with Crippen LogP contribution in [0.3, 0.4) is 0 Å². The lowest BCUT2D eigenvalue weighted by Crippen LogP contribution is -2.46. The molecule has 5 nitrogen and oxygen atoms in total. The molecule has 2 rings (SSSR count). The van der Waals surface area contributed by atoms with Crippen molar-refractivity contribution in [1.82, 2.24) is 4.90 Å². The first kappa shape index (κ1) is 16.4. The Balaban J connectivity index is 2.16. The molecule has 1 aromatic carbocycles. The highest BCUT2D eigenvalue weighted by Crippen LogP contribution is 2.32. The van der Waals surface area contributed by atoms with Crippen molar-refractivity contribution in [3.05, 3.63) is 53.0 Å². The Kier molecular flexibility index (Phi) is 5.48. The summed E-state index contributed by atoms with van der Waals surface area (Å²) in [7, 11) is 0. The lowest BCUT2D eigenvalue weighted by Gasteiger charge is -2.20. The summed E-state index contributed by atoms with van der Waals surface area (Å²) in [5, 5.41) is 18.2. The van der Waals surface area contributed by atoms with Crippen LogP contribution in [0.25, 0.3) is 6.08 Å². The van der Waals surface area contributed by atoms with E-state index in [4.69, 9.17) is 22.4 Å². The molecule has 1 amide bonds. The number of thiocarbonyl (C=S) groups is 1. The SMILES string of the molecule is O=C(O)C(CO)N1C(=O)/C(=C/C=C/c2ccccc2)SC1=S. The van der Waals surface area contributed by atoms with Crippen molar-refractivity contribution in [3.8, 4) is 0 Å². The van der Waals surface area contributed by atoms with Gasteiger partial charge < -0.3 is 10.2 Å². The third-order valence-corrected chi connectivity index (χ3v) is 4.28. The fourth-order valence-corrected chi connectivity index (χ4v) is 3.15. The van der Waals surface area contributed by atoms with Crippen molar-refractivity contribution in [2.45, 2.75) is 6.04 Å². The van der Waals surface area contributed by atoms with Crippen LogP contribution in [-0.4, -0.2) is 44.0 Å². The van der Waals surface area contributed by atoms with Crippen LogP contribution in [0.4, 0.5) is 0 Å². The minimum atomic E-state index is -1.35. The molecule has 0 aliphatic carbocycles. The van der Waals surface area contributed by atoms with E-state index >= 15 is 0 Å². The average Bonchev–Trinajstić information content (AvgIpc) is 2.77. The molecule has 2 N–H and O–H groups in total. The fraction of sp³-hybridized carbons (Fsp3) is 0.133. The zero-order valence-electron chi connectivity index (χ0n) is 11.4. The van der Waals surface area contributed by atoms with Crippen LogP contribution in [0, 0.1) is 0 Å². The molecular formula is C15H13NO4S2. The molecule has 114 valence electrons. The summed E-state index contributed by atoms with van der Waals surface area (Å²) in [6, 6.07) is 8.19. The largest absolute Gasteiger partial charge is 0.480 e. The monoisotopic (exact) mass is 335 g/mol. The van der Waals surface area contributed by atoms with Crippen molar-refractivity contribution < 1.29 is 19.8 Å². The van der Waals surface area contributed by atoms with Crippen LogP contribution in [-0.2, 0) is 9.59 Å². The van der Waals surface area contributed by atoms with Gasteiger partial charge in [0.15, 0.2) is 6.04 Å². The van der Waals surface area contributed by atoms with Crippen molar-refractivity contribution in [3.63, 3.8) is 0 Å². The maximum absolute atomic E-state index is 12.2. The summed E-state index contributed by atoms with van der Waals surface area (Å²) in [6.45, 7) is -0.686. The van der Waals surface area contributed by atoms with Gasteiger partial charge in [-0.3, -0.25) is 9.69 Å². The number of carboxylic acids is 1. The van der Waals surface area contributed by atoms with E-state index in [0.717, 1.165) is 22.2 Å². The minimum absolute atomic E-state index is 0.130. The first-order valence-corrected chi connectivity index (χ1v) is 7.59. The average molecular weight is 335 g/mol. The quantitative estimate of drug-likeness (QED) is 0.632. The van der Waals surface area contributed by atoms with Gasteiger partial charge in [0, 0.05) is 0 Å². The first-order chi connectivity index (χ1) is 10.5. The highest BCUT2D eigenvalue weighted by atomic mass is 32.2. The molecule has 22 heavy (non-hydrogen) atoms. The molecular weight excluding hydrogens is 322 g/mol. The zero-order valence-corrected chi connectivity index (χ0v) is 13.0. The molecule has 0 aromatic heterocycles. The van der Waals surface area contributed by atoms with Gasteiger partial charge in [-0.1, -0.05) is 66.5 Å². The summed E-state index contributed by atoms with van der Waals surface area (Å²) < 4.78 is 0.130. The molecule has 0 saturated carbocycles. The molecule has 1 atom stereocenters. The molecule has 1 saturated heterocycles. The molecule has 1 heterocycles. The number of thioether (sulfide) groups is 1. The smallest absolute Gasteiger partial charge is 0.329 e. The molecule has 7 heteroatoms. The summed E-state index contributed by atoms with van der Waals surface area (Å²) >= 11 is 6.05. The van der Waals surface area contributed by atoms with E-state index in [1.807, 2.05) is 36.4 Å².